The van der Waals surface area contributed by atoms with E-state index >= 15 is 0 Å². The Bertz CT molecular complexity index is 247. The van der Waals surface area contributed by atoms with Gasteiger partial charge in [-0.15, -0.1) is 0 Å². The van der Waals surface area contributed by atoms with Gasteiger partial charge in [-0.05, 0) is 25.7 Å². The molecule has 0 unspecified atom stereocenters. The molecule has 0 fully saturated rings. The average molecular weight is 237 g/mol. The zero-order chi connectivity index (χ0) is 12.2. The molecule has 0 aromatic heterocycles. The normalized spacial score (nSPS) is 16.6. The zero-order valence-corrected chi connectivity index (χ0v) is 10.3. The van der Waals surface area contributed by atoms with Gasteiger partial charge >= 0.3 is 5.97 Å². The van der Waals surface area contributed by atoms with Crippen LogP contribution in [0.5, 0.6) is 0 Å². The first-order chi connectivity index (χ1) is 6.63. The number of carbonyl (C=O) groups excluding carboxylic acids is 1. The average Bonchev–Trinajstić information content (AvgIpc) is 1.99. The van der Waals surface area contributed by atoms with Crippen molar-refractivity contribution in [2.75, 3.05) is 24.5 Å². The summed E-state index contributed by atoms with van der Waals surface area (Å²) in [7, 11) is -1.02. The van der Waals surface area contributed by atoms with Crippen molar-refractivity contribution in [2.24, 2.45) is 0 Å². The van der Waals surface area contributed by atoms with Crippen LogP contribution in [0, 0.1) is 0 Å². The molecule has 0 rings (SSSR count). The second-order valence-corrected chi connectivity index (χ2v) is 8.85. The maximum Gasteiger partial charge on any atom is 0.327 e. The molecule has 15 heavy (non-hydrogen) atoms. The summed E-state index contributed by atoms with van der Waals surface area (Å²) in [5.74, 6) is -1.31. The Labute approximate surface area is 91.2 Å². The lowest BCUT2D eigenvalue weighted by molar-refractivity contribution is -0.142. The summed E-state index contributed by atoms with van der Waals surface area (Å²) >= 11 is 0. The van der Waals surface area contributed by atoms with E-state index in [1.54, 1.807) is 0 Å². The van der Waals surface area contributed by atoms with E-state index in [0.717, 1.165) is 0 Å². The number of nitrogens with one attached hydrogen (secondary N) is 1. The van der Waals surface area contributed by atoms with E-state index in [1.165, 1.54) is 6.92 Å². The van der Waals surface area contributed by atoms with E-state index in [1.807, 2.05) is 18.8 Å². The number of carboxylic acids is 1. The van der Waals surface area contributed by atoms with Crippen molar-refractivity contribution in [1.82, 2.24) is 5.32 Å². The summed E-state index contributed by atoms with van der Waals surface area (Å²) in [6.07, 6.45) is 4.73. The number of aliphatic carboxylic acids is 1. The molecule has 0 bridgehead atoms. The van der Waals surface area contributed by atoms with Crippen LogP contribution in [0.2, 0.25) is 0 Å². The van der Waals surface area contributed by atoms with Gasteiger partial charge in [0.05, 0.1) is 0 Å². The number of amides is 1. The van der Waals surface area contributed by atoms with Gasteiger partial charge < -0.3 is 15.5 Å². The quantitative estimate of drug-likeness (QED) is 0.609. The molecule has 6 heteroatoms. The van der Waals surface area contributed by atoms with Crippen LogP contribution < -0.4 is 5.32 Å². The minimum Gasteiger partial charge on any atom is -0.480 e. The molecule has 3 N–H and O–H groups in total. The second-order valence-electron chi connectivity index (χ2n) is 4.33. The Morgan fingerprint density at radius 3 is 2.07 bits per heavy atom. The van der Waals surface area contributed by atoms with Crippen LogP contribution in [-0.4, -0.2) is 58.8 Å². The molecule has 0 spiro atoms. The fourth-order valence-corrected chi connectivity index (χ4v) is 2.19. The molecule has 0 aromatic rings. The van der Waals surface area contributed by atoms with Crippen LogP contribution in [-0.2, 0) is 9.59 Å². The van der Waals surface area contributed by atoms with Crippen LogP contribution >= 0.6 is 10.0 Å². The number of hydrogen-bond acceptors (Lipinski definition) is 3. The van der Waals surface area contributed by atoms with Gasteiger partial charge in [0.25, 0.3) is 0 Å². The Hall–Kier alpha value is -0.750. The van der Waals surface area contributed by atoms with E-state index < -0.39 is 34.1 Å². The Balaban J connectivity index is 4.43. The molecule has 2 atom stereocenters. The zero-order valence-electron chi connectivity index (χ0n) is 9.48. The predicted molar refractivity (Wildman–Crippen MR) is 61.5 cm³/mol. The smallest absolute Gasteiger partial charge is 0.327 e. The highest BCUT2D eigenvalue weighted by Gasteiger charge is 2.25. The molecule has 0 aromatic carbocycles. The standard InChI is InChI=1S/C9H19NO4S/c1-6(11)8(12)10-7(9(13)14)5-15(2,3)4/h6-7,11H,5H2,1-4H3,(H,10,12)(H,13,14)/t6-,7-/m0/s1. The molecule has 90 valence electrons. The highest BCUT2D eigenvalue weighted by atomic mass is 32.3. The summed E-state index contributed by atoms with van der Waals surface area (Å²) in [4.78, 5) is 22.0. The molecule has 0 aliphatic carbocycles. The van der Waals surface area contributed by atoms with Gasteiger partial charge in [-0.1, -0.05) is 0 Å². The molecule has 5 nitrogen and oxygen atoms in total. The van der Waals surface area contributed by atoms with Gasteiger partial charge in [0.15, 0.2) is 0 Å². The van der Waals surface area contributed by atoms with Crippen molar-refractivity contribution >= 4 is 21.9 Å². The molecule has 0 aliphatic heterocycles. The first kappa shape index (κ1) is 14.2. The molecular formula is C9H19NO4S. The summed E-state index contributed by atoms with van der Waals surface area (Å²) in [6.45, 7) is 1.30. The van der Waals surface area contributed by atoms with Gasteiger partial charge in [0, 0.05) is 5.75 Å². The number of rotatable bonds is 5. The van der Waals surface area contributed by atoms with Crippen molar-refractivity contribution in [3.8, 4) is 0 Å². The minimum atomic E-state index is -1.18. The summed E-state index contributed by atoms with van der Waals surface area (Å²) < 4.78 is 0. The van der Waals surface area contributed by atoms with Crippen molar-refractivity contribution in [3.05, 3.63) is 0 Å². The molecule has 0 saturated carbocycles. The van der Waals surface area contributed by atoms with Crippen LogP contribution in [0.3, 0.4) is 0 Å². The number of carbonyl (C=O) groups is 2. The van der Waals surface area contributed by atoms with E-state index in [4.69, 9.17) is 10.2 Å². The van der Waals surface area contributed by atoms with E-state index in [2.05, 4.69) is 5.32 Å². The van der Waals surface area contributed by atoms with E-state index in [9.17, 15) is 9.59 Å². The maximum absolute atomic E-state index is 11.1. The largest absolute Gasteiger partial charge is 0.480 e. The molecule has 0 heterocycles. The van der Waals surface area contributed by atoms with E-state index in [0.29, 0.717) is 5.75 Å². The highest BCUT2D eigenvalue weighted by Crippen LogP contribution is 2.35. The fraction of sp³-hybridized carbons (Fsp3) is 0.778. The van der Waals surface area contributed by atoms with Gasteiger partial charge in [-0.3, -0.25) is 4.79 Å². The van der Waals surface area contributed by atoms with Crippen LogP contribution in [0.15, 0.2) is 0 Å². The first-order valence-corrected chi connectivity index (χ1v) is 7.53. The van der Waals surface area contributed by atoms with Crippen molar-refractivity contribution in [2.45, 2.75) is 19.1 Å². The number of hydrogen-bond donors (Lipinski definition) is 3. The number of aliphatic hydroxyl groups excluding tert-OH is 1. The summed E-state index contributed by atoms with van der Waals surface area (Å²) in [5, 5.41) is 20.1. The number of carboxylic acid groups (broad SMARTS) is 1. The van der Waals surface area contributed by atoms with Gasteiger partial charge in [0.2, 0.25) is 5.91 Å². The third-order valence-corrected chi connectivity index (χ3v) is 2.99. The second kappa shape index (κ2) is 5.37. The topological polar surface area (TPSA) is 86.6 Å². The third kappa shape index (κ3) is 6.35. The third-order valence-electron chi connectivity index (χ3n) is 1.66. The molecule has 0 radical (unpaired) electrons. The predicted octanol–water partition coefficient (Wildman–Crippen LogP) is -0.369. The lowest BCUT2D eigenvalue weighted by atomic mass is 10.3. The summed E-state index contributed by atoms with van der Waals surface area (Å²) in [5.41, 5.74) is 0. The van der Waals surface area contributed by atoms with Crippen molar-refractivity contribution in [1.29, 1.82) is 0 Å². The monoisotopic (exact) mass is 237 g/mol. The van der Waals surface area contributed by atoms with Crippen LogP contribution in [0.4, 0.5) is 0 Å². The van der Waals surface area contributed by atoms with Crippen LogP contribution in [0.25, 0.3) is 0 Å². The lowest BCUT2D eigenvalue weighted by Gasteiger charge is -2.29. The van der Waals surface area contributed by atoms with Gasteiger partial charge in [-0.25, -0.2) is 14.8 Å². The minimum absolute atomic E-state index is 0.404. The fourth-order valence-electron chi connectivity index (χ4n) is 0.967. The Morgan fingerprint density at radius 2 is 1.80 bits per heavy atom. The maximum atomic E-state index is 11.1. The number of aliphatic hydroxyl groups is 1. The first-order valence-electron chi connectivity index (χ1n) is 4.51. The SMILES string of the molecule is C[C@H](O)C(=O)N[C@@H](CS(C)(C)C)C(=O)O. The molecule has 1 amide bonds. The van der Waals surface area contributed by atoms with Gasteiger partial charge in [-0.2, -0.15) is 0 Å². The Kier molecular flexibility index (Phi) is 5.10. The van der Waals surface area contributed by atoms with Crippen LogP contribution in [0.1, 0.15) is 6.92 Å². The van der Waals surface area contributed by atoms with Crippen molar-refractivity contribution < 1.29 is 19.8 Å². The van der Waals surface area contributed by atoms with Crippen molar-refractivity contribution in [3.63, 3.8) is 0 Å². The summed E-state index contributed by atoms with van der Waals surface area (Å²) in [6, 6.07) is -0.915. The molecule has 0 saturated heterocycles. The highest BCUT2D eigenvalue weighted by molar-refractivity contribution is 8.32. The Morgan fingerprint density at radius 1 is 1.33 bits per heavy atom. The lowest BCUT2D eigenvalue weighted by Crippen LogP contribution is -2.47. The molecule has 0 aliphatic rings. The van der Waals surface area contributed by atoms with E-state index in [-0.39, 0.29) is 0 Å². The molecular weight excluding hydrogens is 218 g/mol. The van der Waals surface area contributed by atoms with Gasteiger partial charge in [0.1, 0.15) is 12.1 Å².